The van der Waals surface area contributed by atoms with Crippen LogP contribution in [0.3, 0.4) is 0 Å². The molecule has 0 aliphatic rings. The van der Waals surface area contributed by atoms with Gasteiger partial charge >= 0.3 is 0 Å². The molecule has 1 aromatic carbocycles. The fourth-order valence-corrected chi connectivity index (χ4v) is 2.15. The van der Waals surface area contributed by atoms with E-state index in [2.05, 4.69) is 10.1 Å². The number of rotatable bonds is 5. The molecule has 2 aromatic rings. The first-order valence-corrected chi connectivity index (χ1v) is 6.51. The van der Waals surface area contributed by atoms with Gasteiger partial charge in [-0.3, -0.25) is 4.79 Å². The van der Waals surface area contributed by atoms with Crippen LogP contribution in [0.25, 0.3) is 11.4 Å². The van der Waals surface area contributed by atoms with E-state index in [9.17, 15) is 4.79 Å². The summed E-state index contributed by atoms with van der Waals surface area (Å²) in [5.74, 6) is 1.42. The lowest BCUT2D eigenvalue weighted by Gasteiger charge is -2.12. The van der Waals surface area contributed by atoms with Gasteiger partial charge in [-0.1, -0.05) is 19.0 Å². The van der Waals surface area contributed by atoms with Crippen molar-refractivity contribution in [1.29, 1.82) is 0 Å². The molecule has 0 aliphatic carbocycles. The monoisotopic (exact) mass is 274 g/mol. The van der Waals surface area contributed by atoms with Crippen LogP contribution in [0.15, 0.2) is 28.8 Å². The molecular formula is C15H18N2O3. The van der Waals surface area contributed by atoms with E-state index in [0.29, 0.717) is 11.7 Å². The molecule has 5 nitrogen and oxygen atoms in total. The third-order valence-corrected chi connectivity index (χ3v) is 3.16. The van der Waals surface area contributed by atoms with Crippen molar-refractivity contribution >= 4 is 5.78 Å². The van der Waals surface area contributed by atoms with Crippen LogP contribution in [-0.2, 0) is 4.79 Å². The Balaban J connectivity index is 2.29. The summed E-state index contributed by atoms with van der Waals surface area (Å²) in [6.45, 7) is 5.47. The van der Waals surface area contributed by atoms with Gasteiger partial charge in [0, 0.05) is 5.56 Å². The van der Waals surface area contributed by atoms with E-state index in [4.69, 9.17) is 9.26 Å². The molecule has 0 saturated heterocycles. The van der Waals surface area contributed by atoms with Crippen molar-refractivity contribution in [3.8, 4) is 17.1 Å². The van der Waals surface area contributed by atoms with E-state index in [1.165, 1.54) is 0 Å². The van der Waals surface area contributed by atoms with Gasteiger partial charge in [0.05, 0.1) is 13.0 Å². The highest BCUT2D eigenvalue weighted by molar-refractivity contribution is 5.82. The minimum atomic E-state index is -0.352. The average Bonchev–Trinajstić information content (AvgIpc) is 2.87. The number of hydrogen-bond acceptors (Lipinski definition) is 5. The van der Waals surface area contributed by atoms with Crippen molar-refractivity contribution in [3.05, 3.63) is 30.2 Å². The molecule has 0 saturated carbocycles. The number of hydrogen-bond donors (Lipinski definition) is 0. The van der Waals surface area contributed by atoms with E-state index >= 15 is 0 Å². The van der Waals surface area contributed by atoms with E-state index in [0.717, 1.165) is 11.3 Å². The van der Waals surface area contributed by atoms with Crippen molar-refractivity contribution in [3.63, 3.8) is 0 Å². The van der Waals surface area contributed by atoms with Crippen LogP contribution in [0.5, 0.6) is 5.75 Å². The number of nitrogens with zero attached hydrogens (tertiary/aromatic N) is 2. The molecule has 1 atom stereocenters. The zero-order chi connectivity index (χ0) is 14.7. The Morgan fingerprint density at radius 3 is 2.40 bits per heavy atom. The highest BCUT2D eigenvalue weighted by atomic mass is 16.5. The van der Waals surface area contributed by atoms with Crippen molar-refractivity contribution < 1.29 is 14.1 Å². The summed E-state index contributed by atoms with van der Waals surface area (Å²) < 4.78 is 10.3. The zero-order valence-electron chi connectivity index (χ0n) is 12.1. The number of aromatic nitrogens is 2. The normalized spacial score (nSPS) is 12.4. The molecule has 2 rings (SSSR count). The van der Waals surface area contributed by atoms with E-state index in [1.807, 2.05) is 38.1 Å². The molecule has 1 aromatic heterocycles. The average molecular weight is 274 g/mol. The predicted molar refractivity (Wildman–Crippen MR) is 74.5 cm³/mol. The summed E-state index contributed by atoms with van der Waals surface area (Å²) >= 11 is 0. The van der Waals surface area contributed by atoms with Gasteiger partial charge in [-0.05, 0) is 37.1 Å². The second kappa shape index (κ2) is 5.86. The third kappa shape index (κ3) is 2.87. The SMILES string of the molecule is COc1ccc(-c2noc(C(C(C)=O)C(C)C)n2)cc1. The lowest BCUT2D eigenvalue weighted by molar-refractivity contribution is -0.119. The minimum absolute atomic E-state index is 0.0323. The first kappa shape index (κ1) is 14.2. The van der Waals surface area contributed by atoms with Crippen LogP contribution in [0.4, 0.5) is 0 Å². The maximum atomic E-state index is 11.7. The number of ether oxygens (including phenoxy) is 1. The second-order valence-corrected chi connectivity index (χ2v) is 5.02. The van der Waals surface area contributed by atoms with Gasteiger partial charge in [0.2, 0.25) is 11.7 Å². The van der Waals surface area contributed by atoms with E-state index in [-0.39, 0.29) is 17.6 Å². The Labute approximate surface area is 118 Å². The Kier molecular flexibility index (Phi) is 4.17. The summed E-state index contributed by atoms with van der Waals surface area (Å²) in [5.41, 5.74) is 0.826. The van der Waals surface area contributed by atoms with Gasteiger partial charge in [-0.2, -0.15) is 4.98 Å². The van der Waals surface area contributed by atoms with Crippen LogP contribution in [0, 0.1) is 5.92 Å². The number of ketones is 1. The summed E-state index contributed by atoms with van der Waals surface area (Å²) in [4.78, 5) is 16.0. The number of carbonyl (C=O) groups is 1. The topological polar surface area (TPSA) is 65.2 Å². The largest absolute Gasteiger partial charge is 0.497 e. The molecule has 0 bridgehead atoms. The first-order valence-electron chi connectivity index (χ1n) is 6.51. The number of methoxy groups -OCH3 is 1. The van der Waals surface area contributed by atoms with E-state index < -0.39 is 0 Å². The summed E-state index contributed by atoms with van der Waals surface area (Å²) in [6, 6.07) is 7.36. The molecule has 0 spiro atoms. The molecule has 1 heterocycles. The van der Waals surface area contributed by atoms with Crippen LogP contribution in [-0.4, -0.2) is 23.0 Å². The zero-order valence-corrected chi connectivity index (χ0v) is 12.1. The van der Waals surface area contributed by atoms with Gasteiger partial charge in [0.15, 0.2) is 0 Å². The smallest absolute Gasteiger partial charge is 0.237 e. The maximum Gasteiger partial charge on any atom is 0.237 e. The second-order valence-electron chi connectivity index (χ2n) is 5.02. The maximum absolute atomic E-state index is 11.7. The molecule has 0 radical (unpaired) electrons. The van der Waals surface area contributed by atoms with Crippen LogP contribution < -0.4 is 4.74 Å². The fourth-order valence-electron chi connectivity index (χ4n) is 2.15. The summed E-state index contributed by atoms with van der Waals surface area (Å²) in [7, 11) is 1.61. The molecule has 106 valence electrons. The number of Topliss-reactive ketones (excluding diaryl/α,β-unsaturated/α-hetero) is 1. The van der Waals surface area contributed by atoms with Crippen LogP contribution in [0.1, 0.15) is 32.6 Å². The molecule has 0 fully saturated rings. The Morgan fingerprint density at radius 1 is 1.25 bits per heavy atom. The van der Waals surface area contributed by atoms with Crippen LogP contribution >= 0.6 is 0 Å². The van der Waals surface area contributed by atoms with Gasteiger partial charge < -0.3 is 9.26 Å². The molecule has 1 unspecified atom stereocenters. The Hall–Kier alpha value is -2.17. The number of benzene rings is 1. The molecule has 0 aliphatic heterocycles. The molecule has 20 heavy (non-hydrogen) atoms. The summed E-state index contributed by atoms with van der Waals surface area (Å²) in [6.07, 6.45) is 0. The van der Waals surface area contributed by atoms with Crippen molar-refractivity contribution in [2.45, 2.75) is 26.7 Å². The predicted octanol–water partition coefficient (Wildman–Crippen LogP) is 3.07. The number of carbonyl (C=O) groups excluding carboxylic acids is 1. The highest BCUT2D eigenvalue weighted by Gasteiger charge is 2.27. The molecule has 0 N–H and O–H groups in total. The Bertz CT molecular complexity index is 587. The lowest BCUT2D eigenvalue weighted by Crippen LogP contribution is -2.15. The lowest BCUT2D eigenvalue weighted by atomic mass is 9.92. The van der Waals surface area contributed by atoms with E-state index in [1.54, 1.807) is 14.0 Å². The minimum Gasteiger partial charge on any atom is -0.497 e. The summed E-state index contributed by atoms with van der Waals surface area (Å²) in [5, 5.41) is 3.95. The molecular weight excluding hydrogens is 256 g/mol. The Morgan fingerprint density at radius 2 is 1.90 bits per heavy atom. The first-order chi connectivity index (χ1) is 9.52. The molecule has 5 heteroatoms. The van der Waals surface area contributed by atoms with Gasteiger partial charge in [0.1, 0.15) is 11.5 Å². The standard InChI is InChI=1S/C15H18N2O3/c1-9(2)13(10(3)18)15-16-14(17-20-15)11-5-7-12(19-4)8-6-11/h5-9,13H,1-4H3. The van der Waals surface area contributed by atoms with Gasteiger partial charge in [-0.15, -0.1) is 0 Å². The van der Waals surface area contributed by atoms with Crippen molar-refractivity contribution in [2.75, 3.05) is 7.11 Å². The fraction of sp³-hybridized carbons (Fsp3) is 0.400. The van der Waals surface area contributed by atoms with Crippen LogP contribution in [0.2, 0.25) is 0 Å². The highest BCUT2D eigenvalue weighted by Crippen LogP contribution is 2.27. The van der Waals surface area contributed by atoms with Crippen molar-refractivity contribution in [1.82, 2.24) is 10.1 Å². The quantitative estimate of drug-likeness (QED) is 0.838. The van der Waals surface area contributed by atoms with Gasteiger partial charge in [0.25, 0.3) is 0 Å². The van der Waals surface area contributed by atoms with Gasteiger partial charge in [-0.25, -0.2) is 0 Å². The van der Waals surface area contributed by atoms with Crippen molar-refractivity contribution in [2.24, 2.45) is 5.92 Å². The molecule has 0 amide bonds. The third-order valence-electron chi connectivity index (χ3n) is 3.16.